The molecule has 1 aliphatic rings. The number of hydrogen-bond donors (Lipinski definition) is 1. The molecule has 0 bridgehead atoms. The number of aromatic nitrogens is 1. The van der Waals surface area contributed by atoms with Gasteiger partial charge in [0.05, 0.1) is 16.6 Å². The summed E-state index contributed by atoms with van der Waals surface area (Å²) < 4.78 is 39.9. The second-order valence-corrected chi connectivity index (χ2v) is 6.47. The summed E-state index contributed by atoms with van der Waals surface area (Å²) in [6.07, 6.45) is -0.199. The number of alkyl halides is 3. The zero-order valence-electron chi connectivity index (χ0n) is 13.6. The van der Waals surface area contributed by atoms with Crippen molar-refractivity contribution < 1.29 is 13.2 Å². The molecule has 0 saturated carbocycles. The normalized spacial score (nSPS) is 17.9. The maximum Gasteiger partial charge on any atom is 0.417 e. The van der Waals surface area contributed by atoms with Crippen LogP contribution in [0.4, 0.5) is 13.2 Å². The molecule has 0 amide bonds. The monoisotopic (exact) mass is 369 g/mol. The van der Waals surface area contributed by atoms with Gasteiger partial charge in [0.25, 0.3) is 0 Å². The summed E-state index contributed by atoms with van der Waals surface area (Å²) in [6.45, 7) is 3.29. The van der Waals surface area contributed by atoms with Gasteiger partial charge in [-0.05, 0) is 48.4 Å². The molecule has 25 heavy (non-hydrogen) atoms. The van der Waals surface area contributed by atoms with Crippen LogP contribution in [-0.4, -0.2) is 36.1 Å². The maximum atomic E-state index is 13.3. The Kier molecular flexibility index (Phi) is 5.61. The van der Waals surface area contributed by atoms with Crippen molar-refractivity contribution in [2.24, 2.45) is 0 Å². The van der Waals surface area contributed by atoms with Crippen LogP contribution < -0.4 is 5.32 Å². The number of rotatable bonds is 3. The lowest BCUT2D eigenvalue weighted by atomic mass is 9.96. The SMILES string of the molecule is FC(F)(F)c1cc(C(c2ccncc2)N2CCCNCC2)ccc1Cl. The van der Waals surface area contributed by atoms with Crippen molar-refractivity contribution >= 4 is 11.6 Å². The Hall–Kier alpha value is -1.63. The lowest BCUT2D eigenvalue weighted by Crippen LogP contribution is -2.33. The van der Waals surface area contributed by atoms with Crippen molar-refractivity contribution in [2.75, 3.05) is 26.2 Å². The van der Waals surface area contributed by atoms with E-state index in [0.29, 0.717) is 5.56 Å². The van der Waals surface area contributed by atoms with Crippen LogP contribution in [0.5, 0.6) is 0 Å². The second-order valence-electron chi connectivity index (χ2n) is 6.06. The average Bonchev–Trinajstić information content (AvgIpc) is 2.86. The van der Waals surface area contributed by atoms with E-state index >= 15 is 0 Å². The van der Waals surface area contributed by atoms with Gasteiger partial charge in [-0.1, -0.05) is 17.7 Å². The molecule has 3 nitrogen and oxygen atoms in total. The molecular weight excluding hydrogens is 351 g/mol. The van der Waals surface area contributed by atoms with Crippen LogP contribution in [0.1, 0.15) is 29.2 Å². The second kappa shape index (κ2) is 7.72. The van der Waals surface area contributed by atoms with Crippen LogP contribution in [0.15, 0.2) is 42.7 Å². The highest BCUT2D eigenvalue weighted by Gasteiger charge is 2.34. The van der Waals surface area contributed by atoms with Gasteiger partial charge < -0.3 is 5.32 Å². The first kappa shape index (κ1) is 18.2. The first-order valence-electron chi connectivity index (χ1n) is 8.18. The van der Waals surface area contributed by atoms with Crippen LogP contribution in [0.3, 0.4) is 0 Å². The fraction of sp³-hybridized carbons (Fsp3) is 0.389. The summed E-state index contributed by atoms with van der Waals surface area (Å²) in [6, 6.07) is 7.63. The zero-order valence-corrected chi connectivity index (χ0v) is 14.3. The van der Waals surface area contributed by atoms with Crippen LogP contribution in [-0.2, 0) is 6.18 Å². The molecule has 2 heterocycles. The van der Waals surface area contributed by atoms with E-state index in [1.165, 1.54) is 12.1 Å². The Bertz CT molecular complexity index is 698. The average molecular weight is 370 g/mol. The topological polar surface area (TPSA) is 28.2 Å². The Morgan fingerprint density at radius 3 is 2.52 bits per heavy atom. The van der Waals surface area contributed by atoms with Gasteiger partial charge in [-0.25, -0.2) is 0 Å². The minimum absolute atomic E-state index is 0.263. The smallest absolute Gasteiger partial charge is 0.315 e. The summed E-state index contributed by atoms with van der Waals surface area (Å²) in [4.78, 5) is 6.23. The maximum absolute atomic E-state index is 13.3. The van der Waals surface area contributed by atoms with Crippen molar-refractivity contribution in [2.45, 2.75) is 18.6 Å². The van der Waals surface area contributed by atoms with Crippen molar-refractivity contribution in [1.29, 1.82) is 0 Å². The molecule has 1 atom stereocenters. The highest BCUT2D eigenvalue weighted by Crippen LogP contribution is 2.38. The number of pyridine rings is 1. The van der Waals surface area contributed by atoms with Crippen LogP contribution in [0.25, 0.3) is 0 Å². The Morgan fingerprint density at radius 1 is 1.04 bits per heavy atom. The largest absolute Gasteiger partial charge is 0.417 e. The van der Waals surface area contributed by atoms with Crippen LogP contribution >= 0.6 is 11.6 Å². The van der Waals surface area contributed by atoms with Crippen LogP contribution in [0, 0.1) is 0 Å². The molecule has 7 heteroatoms. The molecule has 1 saturated heterocycles. The summed E-state index contributed by atoms with van der Waals surface area (Å²) in [5, 5.41) is 3.05. The molecule has 0 aliphatic carbocycles. The van der Waals surface area contributed by atoms with E-state index < -0.39 is 11.7 Å². The molecular formula is C18H19ClF3N3. The van der Waals surface area contributed by atoms with Gasteiger partial charge in [0.1, 0.15) is 0 Å². The minimum atomic E-state index is -4.48. The number of nitrogens with one attached hydrogen (secondary N) is 1. The fourth-order valence-electron chi connectivity index (χ4n) is 3.21. The Morgan fingerprint density at radius 2 is 1.80 bits per heavy atom. The molecule has 0 radical (unpaired) electrons. The van der Waals surface area contributed by atoms with Gasteiger partial charge in [0, 0.05) is 32.0 Å². The number of nitrogens with zero attached hydrogens (tertiary/aromatic N) is 2. The van der Waals surface area contributed by atoms with E-state index in [0.717, 1.165) is 38.2 Å². The lowest BCUT2D eigenvalue weighted by Gasteiger charge is -2.31. The van der Waals surface area contributed by atoms with E-state index in [-0.39, 0.29) is 11.1 Å². The summed E-state index contributed by atoms with van der Waals surface area (Å²) in [7, 11) is 0. The van der Waals surface area contributed by atoms with E-state index in [1.807, 2.05) is 12.1 Å². The summed E-state index contributed by atoms with van der Waals surface area (Å²) in [5.41, 5.74) is 0.718. The molecule has 2 aromatic rings. The van der Waals surface area contributed by atoms with E-state index in [1.54, 1.807) is 18.5 Å². The third-order valence-corrected chi connectivity index (χ3v) is 4.70. The molecule has 1 unspecified atom stereocenters. The van der Waals surface area contributed by atoms with Gasteiger partial charge in [0.2, 0.25) is 0 Å². The predicted molar refractivity (Wildman–Crippen MR) is 91.6 cm³/mol. The van der Waals surface area contributed by atoms with Gasteiger partial charge in [-0.15, -0.1) is 0 Å². The van der Waals surface area contributed by atoms with Gasteiger partial charge in [-0.3, -0.25) is 9.88 Å². The highest BCUT2D eigenvalue weighted by atomic mass is 35.5. The quantitative estimate of drug-likeness (QED) is 0.881. The molecule has 1 fully saturated rings. The summed E-state index contributed by atoms with van der Waals surface area (Å²) in [5.74, 6) is 0. The Labute approximate surface area is 149 Å². The molecule has 1 aliphatic heterocycles. The lowest BCUT2D eigenvalue weighted by molar-refractivity contribution is -0.137. The molecule has 3 rings (SSSR count). The predicted octanol–water partition coefficient (Wildman–Crippen LogP) is 4.14. The van der Waals surface area contributed by atoms with Crippen molar-refractivity contribution in [3.8, 4) is 0 Å². The third kappa shape index (κ3) is 4.32. The highest BCUT2D eigenvalue weighted by molar-refractivity contribution is 6.31. The number of halogens is 4. The van der Waals surface area contributed by atoms with E-state index in [9.17, 15) is 13.2 Å². The third-order valence-electron chi connectivity index (χ3n) is 4.37. The Balaban J connectivity index is 2.05. The standard InChI is InChI=1S/C18H19ClF3N3/c19-16-3-2-14(12-15(16)18(20,21)22)17(13-4-7-24-8-5-13)25-10-1-6-23-9-11-25/h2-5,7-8,12,17,23H,1,6,9-11H2. The first-order valence-corrected chi connectivity index (χ1v) is 8.56. The summed E-state index contributed by atoms with van der Waals surface area (Å²) >= 11 is 5.79. The zero-order chi connectivity index (χ0) is 17.9. The van der Waals surface area contributed by atoms with Crippen LogP contribution in [0.2, 0.25) is 5.02 Å². The van der Waals surface area contributed by atoms with Crippen molar-refractivity contribution in [3.63, 3.8) is 0 Å². The van der Waals surface area contributed by atoms with Gasteiger partial charge in [0.15, 0.2) is 0 Å². The molecule has 1 N–H and O–H groups in total. The molecule has 1 aromatic heterocycles. The van der Waals surface area contributed by atoms with Crippen molar-refractivity contribution in [1.82, 2.24) is 15.2 Å². The fourth-order valence-corrected chi connectivity index (χ4v) is 3.44. The molecule has 0 spiro atoms. The molecule has 134 valence electrons. The van der Waals surface area contributed by atoms with Gasteiger partial charge in [-0.2, -0.15) is 13.2 Å². The minimum Gasteiger partial charge on any atom is -0.315 e. The van der Waals surface area contributed by atoms with Crippen molar-refractivity contribution in [3.05, 3.63) is 64.4 Å². The number of hydrogen-bond acceptors (Lipinski definition) is 3. The first-order chi connectivity index (χ1) is 12.0. The van der Waals surface area contributed by atoms with E-state index in [2.05, 4.69) is 15.2 Å². The van der Waals surface area contributed by atoms with E-state index in [4.69, 9.17) is 11.6 Å². The van der Waals surface area contributed by atoms with Gasteiger partial charge >= 0.3 is 6.18 Å². The molecule has 1 aromatic carbocycles. The number of benzene rings is 1.